The summed E-state index contributed by atoms with van der Waals surface area (Å²) in [6.45, 7) is 6.45. The monoisotopic (exact) mass is 596 g/mol. The van der Waals surface area contributed by atoms with Crippen molar-refractivity contribution in [1.82, 2.24) is 10.3 Å². The number of fused-ring (bicyclic) bond motifs is 1. The lowest BCUT2D eigenvalue weighted by Crippen LogP contribution is -2.42. The van der Waals surface area contributed by atoms with Crippen molar-refractivity contribution in [2.24, 2.45) is 0 Å². The van der Waals surface area contributed by atoms with Crippen LogP contribution in [-0.2, 0) is 16.6 Å². The highest BCUT2D eigenvalue weighted by Crippen LogP contribution is 2.29. The number of amides is 1. The highest BCUT2D eigenvalue weighted by atomic mass is 35.5. The molecule has 0 bridgehead atoms. The van der Waals surface area contributed by atoms with Gasteiger partial charge in [0, 0.05) is 18.0 Å². The summed E-state index contributed by atoms with van der Waals surface area (Å²) in [5.41, 5.74) is 3.56. The Hall–Kier alpha value is -4.75. The van der Waals surface area contributed by atoms with Crippen LogP contribution in [0.3, 0.4) is 0 Å². The number of nitrogens with one attached hydrogen (secondary N) is 1. The van der Waals surface area contributed by atoms with E-state index in [1.165, 1.54) is 17.7 Å². The van der Waals surface area contributed by atoms with Gasteiger partial charge >= 0.3 is 5.97 Å². The molecule has 1 amide bonds. The third kappa shape index (κ3) is 7.19. The van der Waals surface area contributed by atoms with Crippen LogP contribution in [-0.4, -0.2) is 28.0 Å². The molecule has 43 heavy (non-hydrogen) atoms. The highest BCUT2D eigenvalue weighted by Gasteiger charge is 2.22. The van der Waals surface area contributed by atoms with Gasteiger partial charge in [-0.1, -0.05) is 74.8 Å². The minimum absolute atomic E-state index is 0.0205. The summed E-state index contributed by atoms with van der Waals surface area (Å²) in [7, 11) is 0. The highest BCUT2D eigenvalue weighted by molar-refractivity contribution is 6.31. The number of carbonyl (C=O) groups is 2. The third-order valence-electron chi connectivity index (χ3n) is 7.13. The van der Waals surface area contributed by atoms with E-state index in [0.29, 0.717) is 17.1 Å². The first-order valence-electron chi connectivity index (χ1n) is 13.7. The van der Waals surface area contributed by atoms with Gasteiger partial charge in [-0.25, -0.2) is 9.18 Å². The Balaban J connectivity index is 1.28. The first kappa shape index (κ1) is 29.7. The Morgan fingerprint density at radius 2 is 1.56 bits per heavy atom. The van der Waals surface area contributed by atoms with E-state index in [0.717, 1.165) is 21.9 Å². The van der Waals surface area contributed by atoms with Crippen LogP contribution in [0.4, 0.5) is 4.39 Å². The van der Waals surface area contributed by atoms with Gasteiger partial charge in [0.05, 0.1) is 5.02 Å². The van der Waals surface area contributed by atoms with Crippen LogP contribution in [0.5, 0.6) is 11.5 Å². The molecule has 4 aromatic carbocycles. The Labute approximate surface area is 254 Å². The number of nitrogens with zero attached hydrogens (tertiary/aromatic N) is 1. The van der Waals surface area contributed by atoms with Crippen LogP contribution in [0.25, 0.3) is 21.9 Å². The molecule has 1 atom stereocenters. The molecule has 0 aliphatic heterocycles. The molecule has 1 aromatic heterocycles. The lowest BCUT2D eigenvalue weighted by atomic mass is 9.87. The van der Waals surface area contributed by atoms with Gasteiger partial charge in [-0.2, -0.15) is 0 Å². The molecule has 218 valence electrons. The molecule has 0 radical (unpaired) electrons. The second kappa shape index (κ2) is 12.2. The maximum absolute atomic E-state index is 13.5. The molecule has 0 fully saturated rings. The van der Waals surface area contributed by atoms with E-state index >= 15 is 0 Å². The van der Waals surface area contributed by atoms with Crippen molar-refractivity contribution < 1.29 is 23.8 Å². The van der Waals surface area contributed by atoms with E-state index in [1.54, 1.807) is 42.6 Å². The van der Waals surface area contributed by atoms with Crippen LogP contribution < -0.4 is 10.1 Å². The number of carboxylic acids is 1. The van der Waals surface area contributed by atoms with Crippen molar-refractivity contribution >= 4 is 34.2 Å². The van der Waals surface area contributed by atoms with Crippen molar-refractivity contribution in [2.45, 2.75) is 38.6 Å². The number of benzene rings is 4. The van der Waals surface area contributed by atoms with Gasteiger partial charge in [0.25, 0.3) is 5.91 Å². The molecule has 6 nitrogen and oxygen atoms in total. The average Bonchev–Trinajstić information content (AvgIpc) is 2.98. The van der Waals surface area contributed by atoms with Gasteiger partial charge in [-0.05, 0) is 81.6 Å². The van der Waals surface area contributed by atoms with Gasteiger partial charge in [0.1, 0.15) is 29.1 Å². The molecule has 0 saturated carbocycles. The third-order valence-corrected chi connectivity index (χ3v) is 7.42. The smallest absolute Gasteiger partial charge is 0.326 e. The van der Waals surface area contributed by atoms with E-state index in [-0.39, 0.29) is 22.6 Å². The van der Waals surface area contributed by atoms with Gasteiger partial charge in [0.15, 0.2) is 0 Å². The number of aromatic nitrogens is 1. The van der Waals surface area contributed by atoms with Crippen LogP contribution in [0.1, 0.15) is 42.4 Å². The fourth-order valence-electron chi connectivity index (χ4n) is 4.64. The number of halogens is 2. The Morgan fingerprint density at radius 1 is 0.884 bits per heavy atom. The Kier molecular flexibility index (Phi) is 8.46. The average molecular weight is 597 g/mol. The van der Waals surface area contributed by atoms with Crippen LogP contribution in [0, 0.1) is 5.82 Å². The second-order valence-electron chi connectivity index (χ2n) is 11.3. The maximum Gasteiger partial charge on any atom is 0.326 e. The van der Waals surface area contributed by atoms with E-state index in [1.807, 2.05) is 42.5 Å². The number of rotatable bonds is 8. The summed E-state index contributed by atoms with van der Waals surface area (Å²) in [5.74, 6) is -0.979. The Bertz CT molecular complexity index is 1800. The topological polar surface area (TPSA) is 88.5 Å². The number of hydrogen-bond donors (Lipinski definition) is 2. The zero-order valence-corrected chi connectivity index (χ0v) is 24.7. The minimum Gasteiger partial charge on any atom is -0.480 e. The molecule has 1 heterocycles. The lowest BCUT2D eigenvalue weighted by Gasteiger charge is -2.19. The molecule has 0 spiro atoms. The Morgan fingerprint density at radius 3 is 2.21 bits per heavy atom. The zero-order chi connectivity index (χ0) is 30.7. The first-order chi connectivity index (χ1) is 20.5. The molecule has 0 aliphatic carbocycles. The van der Waals surface area contributed by atoms with Gasteiger partial charge in [-0.15, -0.1) is 0 Å². The summed E-state index contributed by atoms with van der Waals surface area (Å²) >= 11 is 5.90. The summed E-state index contributed by atoms with van der Waals surface area (Å²) in [5, 5.41) is 14.0. The predicted octanol–water partition coefficient (Wildman–Crippen LogP) is 8.21. The predicted molar refractivity (Wildman–Crippen MR) is 166 cm³/mol. The summed E-state index contributed by atoms with van der Waals surface area (Å²) < 4.78 is 19.6. The molecular formula is C35H30ClFN2O4. The van der Waals surface area contributed by atoms with Crippen LogP contribution >= 0.6 is 11.6 Å². The largest absolute Gasteiger partial charge is 0.480 e. The van der Waals surface area contributed by atoms with Gasteiger partial charge in [-0.3, -0.25) is 9.78 Å². The van der Waals surface area contributed by atoms with Crippen LogP contribution in [0.15, 0.2) is 97.2 Å². The SMILES string of the molecule is CC(C)(C)c1ccc(Oc2ccc3cnc(C(=O)N[C@@H](Cc4ccc(-c5ccc(F)c(Cl)c5)cc4)C(=O)O)cc3c2)cc1. The standard InChI is InChI=1S/C35H30ClFN2O4/c1-35(2,3)26-10-13-27(14-11-26)43-28-12-8-24-20-38-31(19-25(24)17-28)33(40)39-32(34(41)42)16-21-4-6-22(7-5-21)23-9-15-30(37)29(36)18-23/h4-15,17-20,32H,16H2,1-3H3,(H,39,40)(H,41,42)/t32-/m0/s1. The number of ether oxygens (including phenoxy) is 1. The summed E-state index contributed by atoms with van der Waals surface area (Å²) in [6.07, 6.45) is 1.63. The van der Waals surface area contributed by atoms with Gasteiger partial charge in [0.2, 0.25) is 0 Å². The quantitative estimate of drug-likeness (QED) is 0.188. The first-order valence-corrected chi connectivity index (χ1v) is 14.1. The molecule has 0 saturated heterocycles. The number of carboxylic acid groups (broad SMARTS) is 1. The number of pyridine rings is 1. The summed E-state index contributed by atoms with van der Waals surface area (Å²) in [6, 6.07) is 25.4. The molecule has 0 aliphatic rings. The minimum atomic E-state index is -1.18. The number of aliphatic carboxylic acids is 1. The number of carbonyl (C=O) groups excluding carboxylic acids is 1. The molecule has 2 N–H and O–H groups in total. The van der Waals surface area contributed by atoms with E-state index in [9.17, 15) is 19.1 Å². The number of hydrogen-bond acceptors (Lipinski definition) is 4. The fourth-order valence-corrected chi connectivity index (χ4v) is 4.82. The van der Waals surface area contributed by atoms with E-state index < -0.39 is 23.7 Å². The van der Waals surface area contributed by atoms with Crippen LogP contribution in [0.2, 0.25) is 5.02 Å². The zero-order valence-electron chi connectivity index (χ0n) is 23.9. The van der Waals surface area contributed by atoms with E-state index in [4.69, 9.17) is 16.3 Å². The van der Waals surface area contributed by atoms with Crippen molar-refractivity contribution in [3.8, 4) is 22.6 Å². The molecule has 5 rings (SSSR count). The van der Waals surface area contributed by atoms with Crippen molar-refractivity contribution in [2.75, 3.05) is 0 Å². The molecule has 8 heteroatoms. The maximum atomic E-state index is 13.5. The lowest BCUT2D eigenvalue weighted by molar-refractivity contribution is -0.139. The van der Waals surface area contributed by atoms with Gasteiger partial charge < -0.3 is 15.2 Å². The molecule has 5 aromatic rings. The molecular weight excluding hydrogens is 567 g/mol. The normalized spacial score (nSPS) is 12.1. The van der Waals surface area contributed by atoms with Crippen molar-refractivity contribution in [3.63, 3.8) is 0 Å². The molecule has 0 unspecified atom stereocenters. The van der Waals surface area contributed by atoms with E-state index in [2.05, 4.69) is 31.1 Å². The van der Waals surface area contributed by atoms with Crippen molar-refractivity contribution in [1.29, 1.82) is 0 Å². The second-order valence-corrected chi connectivity index (χ2v) is 11.8. The van der Waals surface area contributed by atoms with Crippen molar-refractivity contribution in [3.05, 3.63) is 125 Å². The summed E-state index contributed by atoms with van der Waals surface area (Å²) in [4.78, 5) is 29.4. The fraction of sp³-hybridized carbons (Fsp3) is 0.171.